The summed E-state index contributed by atoms with van der Waals surface area (Å²) in [7, 11) is 3.91. The fraction of sp³-hybridized carbons (Fsp3) is 0.276. The number of hydrogen-bond acceptors (Lipinski definition) is 6. The van der Waals surface area contributed by atoms with Gasteiger partial charge in [-0.1, -0.05) is 29.8 Å². The SMILES string of the molecule is CN(C)CC=CC(=O)N1CCCC(n2cc(-c3ccc(Oc4ccc(Cl)cc4)cc3)c3c(N)n[nH]c(=O)c32)C1. The number of halogens is 1. The molecule has 202 valence electrons. The van der Waals surface area contributed by atoms with Crippen LogP contribution in [0.15, 0.2) is 71.7 Å². The van der Waals surface area contributed by atoms with Gasteiger partial charge in [-0.2, -0.15) is 5.10 Å². The van der Waals surface area contributed by atoms with Crippen molar-refractivity contribution >= 4 is 34.2 Å². The van der Waals surface area contributed by atoms with Crippen LogP contribution < -0.4 is 16.0 Å². The molecule has 2 aromatic carbocycles. The van der Waals surface area contributed by atoms with Crippen LogP contribution in [0.3, 0.4) is 0 Å². The second-order valence-corrected chi connectivity index (χ2v) is 10.4. The number of ether oxygens (including phenoxy) is 1. The number of amides is 1. The maximum Gasteiger partial charge on any atom is 0.288 e. The van der Waals surface area contributed by atoms with Crippen LogP contribution in [0.5, 0.6) is 11.5 Å². The largest absolute Gasteiger partial charge is 0.457 e. The molecule has 1 unspecified atom stereocenters. The lowest BCUT2D eigenvalue weighted by atomic mass is 10.1. The third kappa shape index (κ3) is 5.84. The van der Waals surface area contributed by atoms with E-state index in [9.17, 15) is 9.59 Å². The van der Waals surface area contributed by atoms with Crippen LogP contribution in [-0.2, 0) is 4.79 Å². The van der Waals surface area contributed by atoms with Crippen molar-refractivity contribution in [2.45, 2.75) is 18.9 Å². The van der Waals surface area contributed by atoms with Gasteiger partial charge in [-0.15, -0.1) is 0 Å². The highest BCUT2D eigenvalue weighted by Gasteiger charge is 2.27. The third-order valence-corrected chi connectivity index (χ3v) is 7.08. The third-order valence-electron chi connectivity index (χ3n) is 6.83. The van der Waals surface area contributed by atoms with Crippen molar-refractivity contribution in [2.75, 3.05) is 39.5 Å². The summed E-state index contributed by atoms with van der Waals surface area (Å²) in [4.78, 5) is 29.7. The molecule has 3 N–H and O–H groups in total. The first kappa shape index (κ1) is 26.5. The number of carbonyl (C=O) groups excluding carboxylic acids is 1. The number of aromatic amines is 1. The van der Waals surface area contributed by atoms with Crippen LogP contribution in [0.25, 0.3) is 22.0 Å². The van der Waals surface area contributed by atoms with Crippen molar-refractivity contribution in [1.82, 2.24) is 24.6 Å². The highest BCUT2D eigenvalue weighted by Crippen LogP contribution is 2.36. The number of H-pyrrole nitrogens is 1. The van der Waals surface area contributed by atoms with Crippen molar-refractivity contribution in [3.63, 3.8) is 0 Å². The van der Waals surface area contributed by atoms with Gasteiger partial charge < -0.3 is 24.8 Å². The zero-order chi connectivity index (χ0) is 27.5. The second-order valence-electron chi connectivity index (χ2n) is 9.94. The highest BCUT2D eigenvalue weighted by molar-refractivity contribution is 6.30. The van der Waals surface area contributed by atoms with Gasteiger partial charge in [0.2, 0.25) is 5.91 Å². The van der Waals surface area contributed by atoms with Crippen molar-refractivity contribution in [3.05, 3.63) is 82.3 Å². The smallest absolute Gasteiger partial charge is 0.288 e. The monoisotopic (exact) mass is 546 g/mol. The molecular weight excluding hydrogens is 516 g/mol. The minimum absolute atomic E-state index is 0.0235. The number of nitrogens with one attached hydrogen (secondary N) is 1. The molecule has 3 heterocycles. The number of rotatable bonds is 7. The molecule has 4 aromatic rings. The van der Waals surface area contributed by atoms with Gasteiger partial charge in [0.25, 0.3) is 5.56 Å². The zero-order valence-electron chi connectivity index (χ0n) is 21.9. The summed E-state index contributed by atoms with van der Waals surface area (Å²) in [5.41, 5.74) is 8.11. The number of benzene rings is 2. The van der Waals surface area contributed by atoms with Crippen molar-refractivity contribution in [3.8, 4) is 22.6 Å². The lowest BCUT2D eigenvalue weighted by Gasteiger charge is -2.33. The minimum Gasteiger partial charge on any atom is -0.457 e. The normalized spacial score (nSPS) is 15.9. The topological polar surface area (TPSA) is 109 Å². The minimum atomic E-state index is -0.317. The number of likely N-dealkylation sites (tertiary alicyclic amines) is 1. The molecule has 10 heteroatoms. The zero-order valence-corrected chi connectivity index (χ0v) is 22.7. The van der Waals surface area contributed by atoms with Crippen molar-refractivity contribution < 1.29 is 9.53 Å². The second kappa shape index (κ2) is 11.3. The van der Waals surface area contributed by atoms with Crippen LogP contribution in [0.1, 0.15) is 18.9 Å². The van der Waals surface area contributed by atoms with E-state index in [0.29, 0.717) is 47.1 Å². The van der Waals surface area contributed by atoms with Crippen molar-refractivity contribution in [1.29, 1.82) is 0 Å². The molecular formula is C29H31ClN6O3. The number of nitrogens with zero attached hydrogens (tertiary/aromatic N) is 4. The molecule has 0 radical (unpaired) electrons. The average Bonchev–Trinajstić information content (AvgIpc) is 3.34. The molecule has 0 saturated carbocycles. The predicted molar refractivity (Wildman–Crippen MR) is 154 cm³/mol. The number of fused-ring (bicyclic) bond motifs is 1. The Hall–Kier alpha value is -4.08. The van der Waals surface area contributed by atoms with Crippen LogP contribution in [0, 0.1) is 0 Å². The summed E-state index contributed by atoms with van der Waals surface area (Å²) in [6.45, 7) is 1.88. The Morgan fingerprint density at radius 1 is 1.18 bits per heavy atom. The quantitative estimate of drug-likeness (QED) is 0.325. The Morgan fingerprint density at radius 2 is 1.87 bits per heavy atom. The van der Waals surface area contributed by atoms with E-state index < -0.39 is 0 Å². The van der Waals surface area contributed by atoms with Gasteiger partial charge in [0.1, 0.15) is 17.0 Å². The number of piperidine rings is 1. The number of nitrogens with two attached hydrogens (primary N) is 1. The lowest BCUT2D eigenvalue weighted by Crippen LogP contribution is -2.40. The molecule has 1 saturated heterocycles. The highest BCUT2D eigenvalue weighted by atomic mass is 35.5. The van der Waals surface area contributed by atoms with Crippen LogP contribution in [-0.4, -0.2) is 64.2 Å². The molecule has 1 atom stereocenters. The van der Waals surface area contributed by atoms with E-state index in [-0.39, 0.29) is 23.3 Å². The first-order valence-electron chi connectivity index (χ1n) is 12.8. The average molecular weight is 547 g/mol. The van der Waals surface area contributed by atoms with E-state index in [1.807, 2.05) is 65.0 Å². The van der Waals surface area contributed by atoms with E-state index in [1.54, 1.807) is 30.3 Å². The molecule has 1 amide bonds. The Balaban J connectivity index is 1.45. The molecule has 1 aliphatic rings. The van der Waals surface area contributed by atoms with E-state index in [1.165, 1.54) is 0 Å². The van der Waals surface area contributed by atoms with E-state index in [4.69, 9.17) is 22.1 Å². The number of anilines is 1. The summed E-state index contributed by atoms with van der Waals surface area (Å²) in [6, 6.07) is 14.7. The summed E-state index contributed by atoms with van der Waals surface area (Å²) in [5, 5.41) is 7.80. The Morgan fingerprint density at radius 3 is 2.56 bits per heavy atom. The molecule has 0 aliphatic carbocycles. The Kier molecular flexibility index (Phi) is 7.72. The summed E-state index contributed by atoms with van der Waals surface area (Å²) >= 11 is 5.97. The van der Waals surface area contributed by atoms with Gasteiger partial charge >= 0.3 is 0 Å². The van der Waals surface area contributed by atoms with Crippen LogP contribution >= 0.6 is 11.6 Å². The molecule has 0 bridgehead atoms. The molecule has 2 aromatic heterocycles. The fourth-order valence-electron chi connectivity index (χ4n) is 4.93. The van der Waals surface area contributed by atoms with E-state index in [2.05, 4.69) is 10.2 Å². The first-order chi connectivity index (χ1) is 18.8. The maximum absolute atomic E-state index is 13.0. The Labute approximate surface area is 231 Å². The molecule has 5 rings (SSSR count). The standard InChI is InChI=1S/C29H31ClN6O3/c1-34(2)15-4-6-25(37)35-16-3-5-21(17-35)36-18-24(26-27(36)29(38)33-32-28(26)31)19-7-11-22(12-8-19)39-23-13-9-20(30)10-14-23/h4,6-14,18,21H,3,5,15-17H2,1-2H3,(H2,31,32)(H,33,38). The van der Waals surface area contributed by atoms with Crippen LogP contribution in [0.2, 0.25) is 5.02 Å². The molecule has 0 spiro atoms. The predicted octanol–water partition coefficient (Wildman–Crippen LogP) is 4.70. The van der Waals surface area contributed by atoms with Gasteiger partial charge in [0.15, 0.2) is 5.82 Å². The number of nitrogen functional groups attached to an aromatic ring is 1. The van der Waals surface area contributed by atoms with Gasteiger partial charge in [-0.05, 0) is 68.9 Å². The molecule has 39 heavy (non-hydrogen) atoms. The maximum atomic E-state index is 13.0. The number of hydrogen-bond donors (Lipinski definition) is 2. The summed E-state index contributed by atoms with van der Waals surface area (Å²) < 4.78 is 7.89. The first-order valence-corrected chi connectivity index (χ1v) is 13.2. The summed E-state index contributed by atoms with van der Waals surface area (Å²) in [6.07, 6.45) is 7.12. The van der Waals surface area contributed by atoms with Crippen LogP contribution in [0.4, 0.5) is 5.82 Å². The van der Waals surface area contributed by atoms with Gasteiger partial charge in [-0.3, -0.25) is 9.59 Å². The fourth-order valence-corrected chi connectivity index (χ4v) is 5.06. The molecule has 9 nitrogen and oxygen atoms in total. The Bertz CT molecular complexity index is 1560. The lowest BCUT2D eigenvalue weighted by molar-refractivity contribution is -0.127. The van der Waals surface area contributed by atoms with Gasteiger partial charge in [0, 0.05) is 42.5 Å². The number of aromatic nitrogens is 3. The summed E-state index contributed by atoms with van der Waals surface area (Å²) in [5.74, 6) is 1.56. The number of likely N-dealkylation sites (N-methyl/N-ethyl adjacent to an activating group) is 1. The van der Waals surface area contributed by atoms with E-state index >= 15 is 0 Å². The molecule has 1 aliphatic heterocycles. The van der Waals surface area contributed by atoms with Crippen molar-refractivity contribution in [2.24, 2.45) is 0 Å². The van der Waals surface area contributed by atoms with Gasteiger partial charge in [-0.25, -0.2) is 5.10 Å². The molecule has 1 fully saturated rings. The number of carbonyl (C=O) groups is 1. The van der Waals surface area contributed by atoms with E-state index in [0.717, 1.165) is 24.0 Å². The van der Waals surface area contributed by atoms with Gasteiger partial charge in [0.05, 0.1) is 11.4 Å².